The molecule has 2 heterocycles. The molecular formula is C11H13N5O. The predicted molar refractivity (Wildman–Crippen MR) is 63.8 cm³/mol. The quantitative estimate of drug-likeness (QED) is 0.815. The van der Waals surface area contributed by atoms with Gasteiger partial charge in [-0.1, -0.05) is 0 Å². The van der Waals surface area contributed by atoms with Gasteiger partial charge < -0.3 is 9.72 Å². The second-order valence-corrected chi connectivity index (χ2v) is 3.47. The molecular weight excluding hydrogens is 218 g/mol. The smallest absolute Gasteiger partial charge is 0.321 e. The first-order valence-electron chi connectivity index (χ1n) is 5.14. The highest BCUT2D eigenvalue weighted by Crippen LogP contribution is 2.11. The molecule has 0 radical (unpaired) electrons. The molecule has 0 atom stereocenters. The summed E-state index contributed by atoms with van der Waals surface area (Å²) in [5.41, 5.74) is 1.83. The fourth-order valence-electron chi connectivity index (χ4n) is 1.35. The van der Waals surface area contributed by atoms with Crippen LogP contribution in [0.15, 0.2) is 23.5 Å². The van der Waals surface area contributed by atoms with Gasteiger partial charge >= 0.3 is 6.01 Å². The van der Waals surface area contributed by atoms with E-state index in [0.29, 0.717) is 11.8 Å². The number of rotatable bonds is 3. The van der Waals surface area contributed by atoms with Crippen molar-refractivity contribution < 1.29 is 4.74 Å². The highest BCUT2D eigenvalue weighted by molar-refractivity contribution is 5.99. The minimum Gasteiger partial charge on any atom is -0.467 e. The van der Waals surface area contributed by atoms with Crippen LogP contribution < -0.4 is 4.74 Å². The molecule has 0 unspecified atom stereocenters. The van der Waals surface area contributed by atoms with Crippen LogP contribution in [0.1, 0.15) is 18.3 Å². The van der Waals surface area contributed by atoms with Crippen molar-refractivity contribution >= 4 is 11.7 Å². The molecule has 2 rings (SSSR count). The summed E-state index contributed by atoms with van der Waals surface area (Å²) in [6.07, 6.45) is 3.71. The van der Waals surface area contributed by atoms with Crippen molar-refractivity contribution in [1.82, 2.24) is 19.9 Å². The summed E-state index contributed by atoms with van der Waals surface area (Å²) in [7, 11) is 1.52. The van der Waals surface area contributed by atoms with E-state index in [1.54, 1.807) is 6.92 Å². The van der Waals surface area contributed by atoms with Crippen LogP contribution >= 0.6 is 0 Å². The molecule has 0 aliphatic rings. The lowest BCUT2D eigenvalue weighted by atomic mass is 10.2. The average Bonchev–Trinajstić information content (AvgIpc) is 2.81. The molecule has 0 saturated heterocycles. The first kappa shape index (κ1) is 11.3. The number of aliphatic imine (C=N–C) groups is 1. The van der Waals surface area contributed by atoms with E-state index < -0.39 is 0 Å². The van der Waals surface area contributed by atoms with Crippen LogP contribution in [0, 0.1) is 6.92 Å². The fourth-order valence-corrected chi connectivity index (χ4v) is 1.35. The Kier molecular flexibility index (Phi) is 3.13. The maximum absolute atomic E-state index is 4.97. The number of hydrogen-bond acceptors (Lipinski definition) is 5. The second-order valence-electron chi connectivity index (χ2n) is 3.47. The molecule has 2 aromatic rings. The Morgan fingerprint density at radius 3 is 2.82 bits per heavy atom. The van der Waals surface area contributed by atoms with Crippen LogP contribution in [0.3, 0.4) is 0 Å². The van der Waals surface area contributed by atoms with Gasteiger partial charge in [0.25, 0.3) is 5.95 Å². The third-order valence-corrected chi connectivity index (χ3v) is 2.18. The molecule has 6 nitrogen and oxygen atoms in total. The minimum absolute atomic E-state index is 0.276. The first-order chi connectivity index (χ1) is 8.19. The number of aromatic nitrogens is 4. The maximum Gasteiger partial charge on any atom is 0.321 e. The molecule has 0 fully saturated rings. The van der Waals surface area contributed by atoms with E-state index in [9.17, 15) is 0 Å². The lowest BCUT2D eigenvalue weighted by Crippen LogP contribution is -1.99. The number of nitrogens with zero attached hydrogens (tertiary/aromatic N) is 4. The normalized spacial score (nSPS) is 11.6. The topological polar surface area (TPSA) is 76.1 Å². The van der Waals surface area contributed by atoms with Gasteiger partial charge in [-0.15, -0.1) is 0 Å². The molecule has 0 amide bonds. The van der Waals surface area contributed by atoms with Crippen LogP contribution in [-0.2, 0) is 0 Å². The van der Waals surface area contributed by atoms with Crippen molar-refractivity contribution in [2.45, 2.75) is 13.8 Å². The Bertz CT molecular complexity index is 533. The van der Waals surface area contributed by atoms with E-state index in [1.807, 2.05) is 25.4 Å². The summed E-state index contributed by atoms with van der Waals surface area (Å²) in [5.74, 6) is 0.936. The summed E-state index contributed by atoms with van der Waals surface area (Å²) in [4.78, 5) is 19.5. The molecule has 0 spiro atoms. The zero-order valence-electron chi connectivity index (χ0n) is 9.93. The third-order valence-electron chi connectivity index (χ3n) is 2.18. The van der Waals surface area contributed by atoms with Gasteiger partial charge in [0.05, 0.1) is 12.8 Å². The highest BCUT2D eigenvalue weighted by atomic mass is 16.5. The highest BCUT2D eigenvalue weighted by Gasteiger charge is 2.04. The maximum atomic E-state index is 4.97. The summed E-state index contributed by atoms with van der Waals surface area (Å²) >= 11 is 0. The molecule has 0 aliphatic carbocycles. The van der Waals surface area contributed by atoms with Crippen LogP contribution in [0.2, 0.25) is 0 Å². The minimum atomic E-state index is 0.276. The SMILES string of the molecule is COc1nc(C)nc(/N=C(\C)c2cc[nH]c2)n1. The number of aryl methyl sites for hydroxylation is 1. The van der Waals surface area contributed by atoms with Gasteiger partial charge in [0, 0.05) is 18.0 Å². The number of hydrogen-bond donors (Lipinski definition) is 1. The number of ether oxygens (including phenoxy) is 1. The van der Waals surface area contributed by atoms with Gasteiger partial charge in [-0.2, -0.15) is 15.0 Å². The van der Waals surface area contributed by atoms with Gasteiger partial charge in [0.2, 0.25) is 0 Å². The van der Waals surface area contributed by atoms with Gasteiger partial charge in [0.1, 0.15) is 5.82 Å². The zero-order valence-corrected chi connectivity index (χ0v) is 9.93. The van der Waals surface area contributed by atoms with Gasteiger partial charge in [-0.3, -0.25) is 0 Å². The standard InChI is InChI=1S/C11H13N5O/c1-7(9-4-5-12-6-9)13-10-14-8(2)15-11(16-10)17-3/h4-6,12H,1-3H3/b13-7+. The van der Waals surface area contributed by atoms with E-state index in [1.165, 1.54) is 7.11 Å². The molecule has 17 heavy (non-hydrogen) atoms. The van der Waals surface area contributed by atoms with Gasteiger partial charge in [-0.25, -0.2) is 4.99 Å². The second kappa shape index (κ2) is 4.73. The number of nitrogens with one attached hydrogen (secondary N) is 1. The summed E-state index contributed by atoms with van der Waals surface area (Å²) in [6, 6.07) is 2.21. The van der Waals surface area contributed by atoms with Crippen molar-refractivity contribution in [2.75, 3.05) is 7.11 Å². The van der Waals surface area contributed by atoms with Crippen LogP contribution in [-0.4, -0.2) is 32.8 Å². The molecule has 6 heteroatoms. The third kappa shape index (κ3) is 2.66. The van der Waals surface area contributed by atoms with Crippen LogP contribution in [0.5, 0.6) is 6.01 Å². The van der Waals surface area contributed by atoms with Gasteiger partial charge in [0.15, 0.2) is 0 Å². The lowest BCUT2D eigenvalue weighted by molar-refractivity contribution is 0.377. The number of aromatic amines is 1. The predicted octanol–water partition coefficient (Wildman–Crippen LogP) is 1.66. The molecule has 0 saturated carbocycles. The van der Waals surface area contributed by atoms with Crippen molar-refractivity contribution in [3.8, 4) is 6.01 Å². The Morgan fingerprint density at radius 1 is 1.35 bits per heavy atom. The van der Waals surface area contributed by atoms with Crippen molar-refractivity contribution in [3.05, 3.63) is 29.8 Å². The molecule has 0 bridgehead atoms. The molecule has 1 N–H and O–H groups in total. The fraction of sp³-hybridized carbons (Fsp3) is 0.273. The zero-order chi connectivity index (χ0) is 12.3. The lowest BCUT2D eigenvalue weighted by Gasteiger charge is -2.01. The number of methoxy groups -OCH3 is 1. The Balaban J connectivity index is 2.35. The Morgan fingerprint density at radius 2 is 2.18 bits per heavy atom. The largest absolute Gasteiger partial charge is 0.467 e. The van der Waals surface area contributed by atoms with Gasteiger partial charge in [-0.05, 0) is 19.9 Å². The van der Waals surface area contributed by atoms with Crippen molar-refractivity contribution in [3.63, 3.8) is 0 Å². The van der Waals surface area contributed by atoms with Crippen LogP contribution in [0.25, 0.3) is 0 Å². The van der Waals surface area contributed by atoms with E-state index in [4.69, 9.17) is 4.74 Å². The Labute approximate surface area is 98.8 Å². The molecule has 0 aromatic carbocycles. The Hall–Kier alpha value is -2.24. The summed E-state index contributed by atoms with van der Waals surface area (Å²) < 4.78 is 4.97. The van der Waals surface area contributed by atoms with Crippen molar-refractivity contribution in [1.29, 1.82) is 0 Å². The van der Waals surface area contributed by atoms with Crippen molar-refractivity contribution in [2.24, 2.45) is 4.99 Å². The first-order valence-corrected chi connectivity index (χ1v) is 5.14. The summed E-state index contributed by atoms with van der Waals surface area (Å²) in [5, 5.41) is 0. The summed E-state index contributed by atoms with van der Waals surface area (Å²) in [6.45, 7) is 3.67. The molecule has 0 aliphatic heterocycles. The number of H-pyrrole nitrogens is 1. The van der Waals surface area contributed by atoms with E-state index in [-0.39, 0.29) is 6.01 Å². The van der Waals surface area contributed by atoms with E-state index in [0.717, 1.165) is 11.3 Å². The van der Waals surface area contributed by atoms with E-state index in [2.05, 4.69) is 24.9 Å². The molecule has 88 valence electrons. The average molecular weight is 231 g/mol. The monoisotopic (exact) mass is 231 g/mol. The molecule has 2 aromatic heterocycles. The van der Waals surface area contributed by atoms with E-state index >= 15 is 0 Å². The van der Waals surface area contributed by atoms with Crippen LogP contribution in [0.4, 0.5) is 5.95 Å².